The Morgan fingerprint density at radius 3 is 2.79 bits per heavy atom. The Morgan fingerprint density at radius 1 is 1.29 bits per heavy atom. The average molecular weight is 328 g/mol. The fourth-order valence-electron chi connectivity index (χ4n) is 4.61. The molecule has 0 radical (unpaired) electrons. The first-order chi connectivity index (χ1) is 11.5. The minimum Gasteiger partial charge on any atom is -0.496 e. The van der Waals surface area contributed by atoms with Crippen molar-refractivity contribution in [3.63, 3.8) is 0 Å². The van der Waals surface area contributed by atoms with Crippen LogP contribution in [-0.4, -0.2) is 12.7 Å². The third-order valence-electron chi connectivity index (χ3n) is 5.89. The van der Waals surface area contributed by atoms with E-state index in [1.807, 2.05) is 0 Å². The average Bonchev–Trinajstić information content (AvgIpc) is 2.53. The number of hydrogen-bond acceptors (Lipinski definition) is 2. The van der Waals surface area contributed by atoms with E-state index in [0.717, 1.165) is 37.2 Å². The van der Waals surface area contributed by atoms with Crippen LogP contribution >= 0.6 is 0 Å². The van der Waals surface area contributed by atoms with E-state index < -0.39 is 0 Å². The van der Waals surface area contributed by atoms with Crippen LogP contribution in [0.25, 0.3) is 0 Å². The standard InChI is InChI=1S/C22H32O2/c1-6-7-8-9-16-13-19(23-5)21-17-12-15(2)10-11-18(17)22(3,4)24-20(21)14-16/h13-14,17-18H,2,6-12H2,1,3-5H3/t17-,18+/m1/s1. The SMILES string of the molecule is C=C1CC[C@H]2[C@@H](C1)c1c(OC)cc(CCCCC)cc1OC2(C)C. The van der Waals surface area contributed by atoms with Gasteiger partial charge in [-0.25, -0.2) is 0 Å². The molecular formula is C22H32O2. The minimum atomic E-state index is -0.120. The zero-order chi connectivity index (χ0) is 17.3. The van der Waals surface area contributed by atoms with Crippen LogP contribution < -0.4 is 9.47 Å². The first kappa shape index (κ1) is 17.4. The molecule has 1 saturated carbocycles. The van der Waals surface area contributed by atoms with Crippen LogP contribution in [0.4, 0.5) is 0 Å². The molecule has 2 atom stereocenters. The zero-order valence-electron chi connectivity index (χ0n) is 15.8. The molecule has 1 aromatic rings. The van der Waals surface area contributed by atoms with E-state index in [4.69, 9.17) is 9.47 Å². The van der Waals surface area contributed by atoms with Gasteiger partial charge in [0.05, 0.1) is 7.11 Å². The summed E-state index contributed by atoms with van der Waals surface area (Å²) in [6.07, 6.45) is 8.20. The van der Waals surface area contributed by atoms with Crippen LogP contribution in [0.5, 0.6) is 11.5 Å². The number of allylic oxidation sites excluding steroid dienone is 1. The summed E-state index contributed by atoms with van der Waals surface area (Å²) in [6, 6.07) is 4.51. The number of rotatable bonds is 5. The highest BCUT2D eigenvalue weighted by Crippen LogP contribution is 2.55. The number of unbranched alkanes of at least 4 members (excludes halogenated alkanes) is 2. The van der Waals surface area contributed by atoms with Gasteiger partial charge in [0.2, 0.25) is 0 Å². The van der Waals surface area contributed by atoms with E-state index in [9.17, 15) is 0 Å². The van der Waals surface area contributed by atoms with Crippen LogP contribution in [0, 0.1) is 5.92 Å². The monoisotopic (exact) mass is 328 g/mol. The first-order valence-electron chi connectivity index (χ1n) is 9.52. The van der Waals surface area contributed by atoms with E-state index >= 15 is 0 Å². The molecule has 1 heterocycles. The van der Waals surface area contributed by atoms with E-state index in [-0.39, 0.29) is 5.60 Å². The van der Waals surface area contributed by atoms with Gasteiger partial charge < -0.3 is 9.47 Å². The fraction of sp³-hybridized carbons (Fsp3) is 0.636. The molecule has 2 nitrogen and oxygen atoms in total. The summed E-state index contributed by atoms with van der Waals surface area (Å²) in [7, 11) is 1.79. The number of hydrogen-bond donors (Lipinski definition) is 0. The van der Waals surface area contributed by atoms with Gasteiger partial charge in [-0.1, -0.05) is 31.9 Å². The number of fused-ring (bicyclic) bond motifs is 3. The summed E-state index contributed by atoms with van der Waals surface area (Å²) in [4.78, 5) is 0. The van der Waals surface area contributed by atoms with Crippen LogP contribution in [0.1, 0.15) is 76.3 Å². The second-order valence-corrected chi connectivity index (χ2v) is 8.08. The summed E-state index contributed by atoms with van der Waals surface area (Å²) in [6.45, 7) is 11.0. The summed E-state index contributed by atoms with van der Waals surface area (Å²) in [5.74, 6) is 3.07. The Labute approximate surface area is 147 Å². The molecule has 0 amide bonds. The van der Waals surface area contributed by atoms with Crippen molar-refractivity contribution in [1.82, 2.24) is 0 Å². The largest absolute Gasteiger partial charge is 0.496 e. The van der Waals surface area contributed by atoms with Gasteiger partial charge in [-0.3, -0.25) is 0 Å². The molecule has 0 saturated heterocycles. The molecule has 0 aromatic heterocycles. The number of methoxy groups -OCH3 is 1. The fourth-order valence-corrected chi connectivity index (χ4v) is 4.61. The lowest BCUT2D eigenvalue weighted by Crippen LogP contribution is -2.46. The highest BCUT2D eigenvalue weighted by Gasteiger charge is 2.46. The maximum Gasteiger partial charge on any atom is 0.127 e. The van der Waals surface area contributed by atoms with Crippen LogP contribution in [0.15, 0.2) is 24.3 Å². The van der Waals surface area contributed by atoms with E-state index in [1.165, 1.54) is 36.0 Å². The number of aryl methyl sites for hydroxylation is 1. The number of ether oxygens (including phenoxy) is 2. The third-order valence-corrected chi connectivity index (χ3v) is 5.89. The summed E-state index contributed by atoms with van der Waals surface area (Å²) >= 11 is 0. The molecule has 24 heavy (non-hydrogen) atoms. The predicted molar refractivity (Wildman–Crippen MR) is 100 cm³/mol. The molecule has 0 spiro atoms. The number of benzene rings is 1. The van der Waals surface area contributed by atoms with Crippen molar-refractivity contribution < 1.29 is 9.47 Å². The molecule has 1 aliphatic heterocycles. The molecule has 2 heteroatoms. The normalized spacial score (nSPS) is 24.8. The Morgan fingerprint density at radius 2 is 2.08 bits per heavy atom. The molecular weight excluding hydrogens is 296 g/mol. The Hall–Kier alpha value is -1.44. The van der Waals surface area contributed by atoms with Gasteiger partial charge in [-0.2, -0.15) is 0 Å². The highest BCUT2D eigenvalue weighted by atomic mass is 16.5. The molecule has 1 aromatic carbocycles. The zero-order valence-corrected chi connectivity index (χ0v) is 15.8. The van der Waals surface area contributed by atoms with Gasteiger partial charge in [0.15, 0.2) is 0 Å². The van der Waals surface area contributed by atoms with Crippen molar-refractivity contribution in [1.29, 1.82) is 0 Å². The highest BCUT2D eigenvalue weighted by molar-refractivity contribution is 5.53. The molecule has 0 bridgehead atoms. The first-order valence-corrected chi connectivity index (χ1v) is 9.52. The van der Waals surface area contributed by atoms with Crippen molar-refractivity contribution in [2.75, 3.05) is 7.11 Å². The predicted octanol–water partition coefficient (Wildman–Crippen LogP) is 6.04. The Balaban J connectivity index is 2.00. The Bertz CT molecular complexity index is 615. The molecule has 0 unspecified atom stereocenters. The molecule has 0 N–H and O–H groups in total. The minimum absolute atomic E-state index is 0.120. The molecule has 132 valence electrons. The lowest BCUT2D eigenvalue weighted by Gasteiger charge is -2.48. The topological polar surface area (TPSA) is 18.5 Å². The smallest absolute Gasteiger partial charge is 0.127 e. The van der Waals surface area contributed by atoms with Gasteiger partial charge in [0.25, 0.3) is 0 Å². The van der Waals surface area contributed by atoms with Crippen molar-refractivity contribution in [3.8, 4) is 11.5 Å². The van der Waals surface area contributed by atoms with Crippen molar-refractivity contribution in [3.05, 3.63) is 35.4 Å². The summed E-state index contributed by atoms with van der Waals surface area (Å²) in [5.41, 5.74) is 3.87. The van der Waals surface area contributed by atoms with Crippen molar-refractivity contribution in [2.24, 2.45) is 5.92 Å². The quantitative estimate of drug-likeness (QED) is 0.484. The van der Waals surface area contributed by atoms with Crippen LogP contribution in [0.3, 0.4) is 0 Å². The lowest BCUT2D eigenvalue weighted by atomic mass is 9.65. The molecule has 2 aliphatic rings. The maximum atomic E-state index is 6.50. The van der Waals surface area contributed by atoms with Gasteiger partial charge in [-0.15, -0.1) is 0 Å². The summed E-state index contributed by atoms with van der Waals surface area (Å²) in [5, 5.41) is 0. The maximum absolute atomic E-state index is 6.50. The molecule has 1 aliphatic carbocycles. The van der Waals surface area contributed by atoms with E-state index in [2.05, 4.69) is 39.5 Å². The van der Waals surface area contributed by atoms with Crippen LogP contribution in [-0.2, 0) is 6.42 Å². The van der Waals surface area contributed by atoms with E-state index in [0.29, 0.717) is 11.8 Å². The Kier molecular flexibility index (Phi) is 4.94. The lowest BCUT2D eigenvalue weighted by molar-refractivity contribution is -0.000884. The second-order valence-electron chi connectivity index (χ2n) is 8.08. The molecule has 1 fully saturated rings. The summed E-state index contributed by atoms with van der Waals surface area (Å²) < 4.78 is 12.3. The molecule has 3 rings (SSSR count). The van der Waals surface area contributed by atoms with Gasteiger partial charge >= 0.3 is 0 Å². The second kappa shape index (κ2) is 6.82. The van der Waals surface area contributed by atoms with Crippen molar-refractivity contribution in [2.45, 2.75) is 77.2 Å². The van der Waals surface area contributed by atoms with Crippen LogP contribution in [0.2, 0.25) is 0 Å². The third kappa shape index (κ3) is 3.20. The van der Waals surface area contributed by atoms with Gasteiger partial charge in [0, 0.05) is 17.4 Å². The van der Waals surface area contributed by atoms with Gasteiger partial charge in [-0.05, 0) is 63.6 Å². The van der Waals surface area contributed by atoms with E-state index in [1.54, 1.807) is 7.11 Å². The van der Waals surface area contributed by atoms with Gasteiger partial charge in [0.1, 0.15) is 17.1 Å². The van der Waals surface area contributed by atoms with Crippen molar-refractivity contribution >= 4 is 0 Å².